The fourth-order valence-corrected chi connectivity index (χ4v) is 5.47. The highest BCUT2D eigenvalue weighted by Crippen LogP contribution is 2.36. The number of benzene rings is 2. The number of para-hydroxylation sites is 2. The molecule has 1 aliphatic rings. The van der Waals surface area contributed by atoms with Gasteiger partial charge in [-0.2, -0.15) is 0 Å². The third kappa shape index (κ3) is 3.03. The summed E-state index contributed by atoms with van der Waals surface area (Å²) in [5.74, 6) is 0.149. The lowest BCUT2D eigenvalue weighted by molar-refractivity contribution is 0.0983. The van der Waals surface area contributed by atoms with E-state index in [4.69, 9.17) is 15.5 Å². The highest BCUT2D eigenvalue weighted by Gasteiger charge is 2.31. The van der Waals surface area contributed by atoms with Crippen molar-refractivity contribution in [3.05, 3.63) is 54.1 Å². The molecule has 0 amide bonds. The summed E-state index contributed by atoms with van der Waals surface area (Å²) in [5.41, 5.74) is 9.51. The Morgan fingerprint density at radius 3 is 2.47 bits per heavy atom. The number of hydrogen-bond acceptors (Lipinski definition) is 6. The zero-order chi connectivity index (χ0) is 20.9. The molecule has 4 aromatic rings. The smallest absolute Gasteiger partial charge is 0.212 e. The van der Waals surface area contributed by atoms with E-state index in [0.717, 1.165) is 18.4 Å². The number of anilines is 1. The molecule has 0 aliphatic carbocycles. The lowest BCUT2D eigenvalue weighted by atomic mass is 10.2. The van der Waals surface area contributed by atoms with Crippen LogP contribution in [0.15, 0.2) is 58.3 Å². The van der Waals surface area contributed by atoms with Gasteiger partial charge in [-0.25, -0.2) is 18.4 Å². The summed E-state index contributed by atoms with van der Waals surface area (Å²) in [6.45, 7) is 3.06. The average Bonchev–Trinajstić information content (AvgIpc) is 3.34. The van der Waals surface area contributed by atoms with Gasteiger partial charge in [0.15, 0.2) is 5.65 Å². The molecule has 0 bridgehead atoms. The van der Waals surface area contributed by atoms with Crippen molar-refractivity contribution in [3.63, 3.8) is 0 Å². The molecular weight excluding hydrogens is 400 g/mol. The molecule has 1 saturated heterocycles. The van der Waals surface area contributed by atoms with Gasteiger partial charge in [0.25, 0.3) is 0 Å². The van der Waals surface area contributed by atoms with E-state index in [2.05, 4.69) is 4.98 Å². The van der Waals surface area contributed by atoms with E-state index in [1.807, 2.05) is 31.2 Å². The summed E-state index contributed by atoms with van der Waals surface area (Å²) in [6.07, 6.45) is 1.86. The predicted octanol–water partition coefficient (Wildman–Crippen LogP) is 3.49. The first kappa shape index (κ1) is 19.0. The molecule has 0 saturated carbocycles. The summed E-state index contributed by atoms with van der Waals surface area (Å²) in [4.78, 5) is 9.58. The van der Waals surface area contributed by atoms with Gasteiger partial charge in [0.2, 0.25) is 9.84 Å². The summed E-state index contributed by atoms with van der Waals surface area (Å²) in [5, 5.41) is 0. The van der Waals surface area contributed by atoms with Crippen molar-refractivity contribution >= 4 is 37.9 Å². The Labute approximate surface area is 174 Å². The van der Waals surface area contributed by atoms with Gasteiger partial charge in [-0.1, -0.05) is 29.8 Å². The molecule has 0 radical (unpaired) electrons. The lowest BCUT2D eigenvalue weighted by Gasteiger charge is -2.13. The van der Waals surface area contributed by atoms with Crippen molar-refractivity contribution in [2.75, 3.05) is 12.3 Å². The van der Waals surface area contributed by atoms with E-state index in [-0.39, 0.29) is 21.7 Å². The molecule has 1 aliphatic heterocycles. The maximum atomic E-state index is 13.6. The van der Waals surface area contributed by atoms with Gasteiger partial charge in [-0.15, -0.1) is 0 Å². The van der Waals surface area contributed by atoms with E-state index in [9.17, 15) is 8.42 Å². The molecule has 7 nitrogen and oxygen atoms in total. The minimum Gasteiger partial charge on any atom is -0.384 e. The van der Waals surface area contributed by atoms with E-state index in [0.29, 0.717) is 35.3 Å². The van der Waals surface area contributed by atoms with Crippen LogP contribution in [0, 0.1) is 6.92 Å². The van der Waals surface area contributed by atoms with E-state index >= 15 is 0 Å². The van der Waals surface area contributed by atoms with Gasteiger partial charge >= 0.3 is 0 Å². The molecule has 2 aromatic heterocycles. The van der Waals surface area contributed by atoms with Crippen LogP contribution in [0.4, 0.5) is 5.82 Å². The van der Waals surface area contributed by atoms with Crippen molar-refractivity contribution in [2.24, 2.45) is 0 Å². The molecule has 1 unspecified atom stereocenters. The summed E-state index contributed by atoms with van der Waals surface area (Å²) >= 11 is 0. The molecule has 30 heavy (non-hydrogen) atoms. The average molecular weight is 423 g/mol. The Kier molecular flexibility index (Phi) is 4.48. The van der Waals surface area contributed by atoms with Gasteiger partial charge in [-0.3, -0.25) is 0 Å². The Morgan fingerprint density at radius 2 is 1.80 bits per heavy atom. The highest BCUT2D eigenvalue weighted by molar-refractivity contribution is 7.92. The number of aryl methyl sites for hydroxylation is 1. The van der Waals surface area contributed by atoms with E-state index < -0.39 is 9.84 Å². The van der Waals surface area contributed by atoms with Crippen molar-refractivity contribution in [3.8, 4) is 0 Å². The van der Waals surface area contributed by atoms with Crippen LogP contribution in [0.3, 0.4) is 0 Å². The molecular formula is C22H22N4O3S. The largest absolute Gasteiger partial charge is 0.384 e. The normalized spacial score (nSPS) is 17.2. The van der Waals surface area contributed by atoms with Gasteiger partial charge in [0, 0.05) is 6.61 Å². The highest BCUT2D eigenvalue weighted by atomic mass is 32.2. The maximum absolute atomic E-state index is 13.6. The van der Waals surface area contributed by atoms with Gasteiger partial charge in [0.1, 0.15) is 16.2 Å². The SMILES string of the molecule is Cc1ccc(S(=O)(=O)c2c(N)n(CC3CCCO3)c3nc4ccccc4nc23)cc1. The first-order chi connectivity index (χ1) is 14.4. The van der Waals surface area contributed by atoms with Crippen molar-refractivity contribution < 1.29 is 13.2 Å². The van der Waals surface area contributed by atoms with Crippen LogP contribution < -0.4 is 5.73 Å². The van der Waals surface area contributed by atoms with Crippen molar-refractivity contribution in [2.45, 2.75) is 42.2 Å². The summed E-state index contributed by atoms with van der Waals surface area (Å²) in [6, 6.07) is 14.1. The molecule has 154 valence electrons. The van der Waals surface area contributed by atoms with Crippen LogP contribution in [0.1, 0.15) is 18.4 Å². The second kappa shape index (κ2) is 7.07. The quantitative estimate of drug-likeness (QED) is 0.540. The fourth-order valence-electron chi connectivity index (χ4n) is 3.97. The second-order valence-corrected chi connectivity index (χ2v) is 9.55. The number of sulfone groups is 1. The summed E-state index contributed by atoms with van der Waals surface area (Å²) < 4.78 is 34.7. The van der Waals surface area contributed by atoms with E-state index in [1.165, 1.54) is 0 Å². The molecule has 0 spiro atoms. The molecule has 1 fully saturated rings. The molecule has 2 N–H and O–H groups in total. The number of rotatable bonds is 4. The number of nitrogens with zero attached hydrogens (tertiary/aromatic N) is 3. The zero-order valence-corrected chi connectivity index (χ0v) is 17.4. The number of nitrogens with two attached hydrogens (primary N) is 1. The van der Waals surface area contributed by atoms with E-state index in [1.54, 1.807) is 28.8 Å². The second-order valence-electron chi connectivity index (χ2n) is 7.66. The Balaban J connectivity index is 1.79. The number of fused-ring (bicyclic) bond motifs is 2. The van der Waals surface area contributed by atoms with Gasteiger partial charge in [0.05, 0.1) is 28.6 Å². The standard InChI is InChI=1S/C22H22N4O3S/c1-14-8-10-16(11-9-14)30(27,28)20-19-22(25-18-7-3-2-6-17(18)24-19)26(21(20)23)13-15-5-4-12-29-15/h2-3,6-11,15H,4-5,12-13,23H2,1H3. The van der Waals surface area contributed by atoms with Crippen LogP contribution in [0.2, 0.25) is 0 Å². The topological polar surface area (TPSA) is 100 Å². The third-order valence-electron chi connectivity index (χ3n) is 5.56. The third-order valence-corrected chi connectivity index (χ3v) is 7.39. The summed E-state index contributed by atoms with van der Waals surface area (Å²) in [7, 11) is -3.88. The fraction of sp³-hybridized carbons (Fsp3) is 0.273. The van der Waals surface area contributed by atoms with Gasteiger partial charge < -0.3 is 15.0 Å². The first-order valence-electron chi connectivity index (χ1n) is 9.93. The number of hydrogen-bond donors (Lipinski definition) is 1. The minimum atomic E-state index is -3.88. The Hall–Kier alpha value is -2.97. The molecule has 2 aromatic carbocycles. The first-order valence-corrected chi connectivity index (χ1v) is 11.4. The van der Waals surface area contributed by atoms with Gasteiger partial charge in [-0.05, 0) is 44.0 Å². The molecule has 3 heterocycles. The molecule has 1 atom stereocenters. The van der Waals surface area contributed by atoms with Crippen LogP contribution in [-0.2, 0) is 21.1 Å². The Morgan fingerprint density at radius 1 is 1.10 bits per heavy atom. The van der Waals surface area contributed by atoms with Crippen LogP contribution in [0.5, 0.6) is 0 Å². The maximum Gasteiger partial charge on any atom is 0.212 e. The van der Waals surface area contributed by atoms with Crippen molar-refractivity contribution in [1.29, 1.82) is 0 Å². The van der Waals surface area contributed by atoms with Crippen LogP contribution in [-0.4, -0.2) is 35.7 Å². The predicted molar refractivity (Wildman–Crippen MR) is 115 cm³/mol. The monoisotopic (exact) mass is 422 g/mol. The Bertz CT molecular complexity index is 1350. The minimum absolute atomic E-state index is 0.0117. The van der Waals surface area contributed by atoms with Crippen LogP contribution >= 0.6 is 0 Å². The molecule has 8 heteroatoms. The zero-order valence-electron chi connectivity index (χ0n) is 16.6. The number of aromatic nitrogens is 3. The molecule has 5 rings (SSSR count). The van der Waals surface area contributed by atoms with Crippen LogP contribution in [0.25, 0.3) is 22.2 Å². The lowest BCUT2D eigenvalue weighted by Crippen LogP contribution is -2.17. The number of nitrogen functional groups attached to an aromatic ring is 1. The van der Waals surface area contributed by atoms with Crippen molar-refractivity contribution in [1.82, 2.24) is 14.5 Å². The number of ether oxygens (including phenoxy) is 1.